The summed E-state index contributed by atoms with van der Waals surface area (Å²) in [7, 11) is 7.73. The lowest BCUT2D eigenvalue weighted by Crippen LogP contribution is -2.47. The Hall–Kier alpha value is -2.46. The summed E-state index contributed by atoms with van der Waals surface area (Å²) in [5.41, 5.74) is 1.16. The number of fused-ring (bicyclic) bond motifs is 1. The van der Waals surface area contributed by atoms with Crippen LogP contribution in [0.15, 0.2) is 17.4 Å². The molecule has 3 heterocycles. The Morgan fingerprint density at radius 3 is 2.93 bits per heavy atom. The fourth-order valence-electron chi connectivity index (χ4n) is 3.54. The summed E-state index contributed by atoms with van der Waals surface area (Å²) in [6.45, 7) is 4.76. The van der Waals surface area contributed by atoms with Crippen LogP contribution >= 0.6 is 0 Å². The molecular weight excluding hydrogens is 370 g/mol. The SMILES string of the molecule is CCNC(=NCC(c1cnn(C)c1)N(C)C)NC1CCc2nc(COC)nn2C1. The predicted octanol–water partition coefficient (Wildman–Crippen LogP) is 0.331. The maximum atomic E-state index is 5.15. The Labute approximate surface area is 172 Å². The first-order chi connectivity index (χ1) is 14.0. The molecule has 1 aliphatic rings. The van der Waals surface area contributed by atoms with Crippen LogP contribution in [0.3, 0.4) is 0 Å². The number of nitrogens with zero attached hydrogens (tertiary/aromatic N) is 7. The van der Waals surface area contributed by atoms with E-state index in [1.54, 1.807) is 7.11 Å². The zero-order valence-corrected chi connectivity index (χ0v) is 18.1. The summed E-state index contributed by atoms with van der Waals surface area (Å²) in [4.78, 5) is 11.6. The molecule has 0 saturated heterocycles. The van der Waals surface area contributed by atoms with Crippen LogP contribution in [-0.4, -0.2) is 75.7 Å². The summed E-state index contributed by atoms with van der Waals surface area (Å²) >= 11 is 0. The highest BCUT2D eigenvalue weighted by Crippen LogP contribution is 2.18. The largest absolute Gasteiger partial charge is 0.377 e. The zero-order chi connectivity index (χ0) is 20.8. The first kappa shape index (κ1) is 21.3. The number of hydrogen-bond acceptors (Lipinski definition) is 6. The van der Waals surface area contributed by atoms with Crippen molar-refractivity contribution in [2.45, 2.75) is 45.0 Å². The highest BCUT2D eigenvalue weighted by molar-refractivity contribution is 5.80. The monoisotopic (exact) mass is 403 g/mol. The van der Waals surface area contributed by atoms with Crippen LogP contribution in [-0.2, 0) is 31.4 Å². The van der Waals surface area contributed by atoms with E-state index in [0.29, 0.717) is 13.2 Å². The van der Waals surface area contributed by atoms with Gasteiger partial charge >= 0.3 is 0 Å². The minimum absolute atomic E-state index is 0.170. The molecule has 0 amide bonds. The van der Waals surface area contributed by atoms with Gasteiger partial charge in [0.2, 0.25) is 0 Å². The third-order valence-electron chi connectivity index (χ3n) is 5.02. The maximum Gasteiger partial charge on any atom is 0.191 e. The van der Waals surface area contributed by atoms with E-state index >= 15 is 0 Å². The molecule has 10 heteroatoms. The number of aromatic nitrogens is 5. The topological polar surface area (TPSA) is 97.4 Å². The number of likely N-dealkylation sites (N-methyl/N-ethyl adjacent to an activating group) is 1. The Morgan fingerprint density at radius 2 is 2.28 bits per heavy atom. The van der Waals surface area contributed by atoms with Crippen molar-refractivity contribution in [3.63, 3.8) is 0 Å². The molecular formula is C19H33N9O. The molecule has 1 aliphatic heterocycles. The third-order valence-corrected chi connectivity index (χ3v) is 5.02. The number of guanidine groups is 1. The molecule has 0 spiro atoms. The van der Waals surface area contributed by atoms with Crippen molar-refractivity contribution < 1.29 is 4.74 Å². The van der Waals surface area contributed by atoms with E-state index in [4.69, 9.17) is 9.73 Å². The van der Waals surface area contributed by atoms with Gasteiger partial charge < -0.3 is 20.3 Å². The van der Waals surface area contributed by atoms with E-state index in [-0.39, 0.29) is 12.1 Å². The number of methoxy groups -OCH3 is 1. The van der Waals surface area contributed by atoms with Crippen molar-refractivity contribution in [3.05, 3.63) is 29.6 Å². The van der Waals surface area contributed by atoms with Gasteiger partial charge in [-0.05, 0) is 27.4 Å². The molecule has 2 atom stereocenters. The fraction of sp³-hybridized carbons (Fsp3) is 0.684. The lowest BCUT2D eigenvalue weighted by atomic mass is 10.1. The van der Waals surface area contributed by atoms with E-state index in [1.807, 2.05) is 28.8 Å². The lowest BCUT2D eigenvalue weighted by Gasteiger charge is -2.26. The van der Waals surface area contributed by atoms with Crippen LogP contribution in [0.4, 0.5) is 0 Å². The molecule has 3 rings (SSSR count). The van der Waals surface area contributed by atoms with Crippen LogP contribution in [0.5, 0.6) is 0 Å². The second-order valence-corrected chi connectivity index (χ2v) is 7.59. The maximum absolute atomic E-state index is 5.15. The molecule has 0 fully saturated rings. The van der Waals surface area contributed by atoms with Crippen LogP contribution < -0.4 is 10.6 Å². The second kappa shape index (κ2) is 9.84. The Bertz CT molecular complexity index is 810. The number of nitrogens with one attached hydrogen (secondary N) is 2. The van der Waals surface area contributed by atoms with E-state index in [2.05, 4.69) is 51.7 Å². The zero-order valence-electron chi connectivity index (χ0n) is 18.1. The number of rotatable bonds is 8. The molecule has 29 heavy (non-hydrogen) atoms. The van der Waals surface area contributed by atoms with Gasteiger partial charge in [0.25, 0.3) is 0 Å². The first-order valence-electron chi connectivity index (χ1n) is 10.1. The number of aliphatic imine (C=N–C) groups is 1. The van der Waals surface area contributed by atoms with Gasteiger partial charge in [0, 0.05) is 44.9 Å². The van der Waals surface area contributed by atoms with Gasteiger partial charge in [-0.3, -0.25) is 9.67 Å². The number of aryl methyl sites for hydroxylation is 2. The van der Waals surface area contributed by atoms with Crippen molar-refractivity contribution in [2.24, 2.45) is 12.0 Å². The second-order valence-electron chi connectivity index (χ2n) is 7.59. The summed E-state index contributed by atoms with van der Waals surface area (Å²) in [6, 6.07) is 0.428. The van der Waals surface area contributed by atoms with Gasteiger partial charge in [0.1, 0.15) is 12.4 Å². The van der Waals surface area contributed by atoms with Crippen molar-refractivity contribution in [1.29, 1.82) is 0 Å². The highest BCUT2D eigenvalue weighted by atomic mass is 16.5. The van der Waals surface area contributed by atoms with Crippen LogP contribution in [0.25, 0.3) is 0 Å². The number of ether oxygens (including phenoxy) is 1. The van der Waals surface area contributed by atoms with Gasteiger partial charge in [-0.25, -0.2) is 9.67 Å². The van der Waals surface area contributed by atoms with Crippen molar-refractivity contribution >= 4 is 5.96 Å². The molecule has 2 aromatic heterocycles. The molecule has 160 valence electrons. The molecule has 0 aliphatic carbocycles. The summed E-state index contributed by atoms with van der Waals surface area (Å²) < 4.78 is 8.96. The molecule has 2 N–H and O–H groups in total. The number of hydrogen-bond donors (Lipinski definition) is 2. The summed E-state index contributed by atoms with van der Waals surface area (Å²) in [5, 5.41) is 15.8. The average Bonchev–Trinajstić information content (AvgIpc) is 3.27. The van der Waals surface area contributed by atoms with Crippen molar-refractivity contribution in [3.8, 4) is 0 Å². The minimum Gasteiger partial charge on any atom is -0.377 e. The Morgan fingerprint density at radius 1 is 1.45 bits per heavy atom. The van der Waals surface area contributed by atoms with E-state index in [0.717, 1.165) is 49.1 Å². The molecule has 0 aromatic carbocycles. The van der Waals surface area contributed by atoms with Gasteiger partial charge in [-0.15, -0.1) is 0 Å². The van der Waals surface area contributed by atoms with Gasteiger partial charge in [-0.1, -0.05) is 0 Å². The van der Waals surface area contributed by atoms with E-state index in [1.165, 1.54) is 0 Å². The first-order valence-corrected chi connectivity index (χ1v) is 10.1. The summed E-state index contributed by atoms with van der Waals surface area (Å²) in [6.07, 6.45) is 5.84. The quantitative estimate of drug-likeness (QED) is 0.484. The van der Waals surface area contributed by atoms with Crippen molar-refractivity contribution in [2.75, 3.05) is 34.3 Å². The molecule has 2 unspecified atom stereocenters. The Balaban J connectivity index is 1.65. The van der Waals surface area contributed by atoms with Gasteiger partial charge in [-0.2, -0.15) is 10.2 Å². The molecule has 2 aromatic rings. The van der Waals surface area contributed by atoms with Crippen molar-refractivity contribution in [1.82, 2.24) is 40.1 Å². The molecule has 0 saturated carbocycles. The van der Waals surface area contributed by atoms with Gasteiger partial charge in [0.15, 0.2) is 11.8 Å². The van der Waals surface area contributed by atoms with Crippen LogP contribution in [0.2, 0.25) is 0 Å². The van der Waals surface area contributed by atoms with E-state index in [9.17, 15) is 0 Å². The highest BCUT2D eigenvalue weighted by Gasteiger charge is 2.23. The smallest absolute Gasteiger partial charge is 0.191 e. The van der Waals surface area contributed by atoms with E-state index < -0.39 is 0 Å². The van der Waals surface area contributed by atoms with Crippen LogP contribution in [0.1, 0.15) is 36.6 Å². The van der Waals surface area contributed by atoms with Crippen LogP contribution in [0, 0.1) is 0 Å². The third kappa shape index (κ3) is 5.54. The fourth-order valence-corrected chi connectivity index (χ4v) is 3.54. The molecule has 0 bridgehead atoms. The average molecular weight is 404 g/mol. The summed E-state index contributed by atoms with van der Waals surface area (Å²) in [5.74, 6) is 2.60. The standard InChI is InChI=1S/C19H33N9O/c1-6-20-19(21-10-16(26(2)3)14-9-22-27(4)11-14)23-15-7-8-18-24-17(13-29-5)25-28(18)12-15/h9,11,15-16H,6-8,10,12-13H2,1-5H3,(H2,20,21,23). The Kier molecular flexibility index (Phi) is 7.21. The minimum atomic E-state index is 0.170. The van der Waals surface area contributed by atoms with Gasteiger partial charge in [0.05, 0.1) is 25.3 Å². The lowest BCUT2D eigenvalue weighted by molar-refractivity contribution is 0.177. The normalized spacial score (nSPS) is 18.0. The molecule has 0 radical (unpaired) electrons. The predicted molar refractivity (Wildman–Crippen MR) is 112 cm³/mol. The molecule has 10 nitrogen and oxygen atoms in total.